The Bertz CT molecular complexity index is 1750. The van der Waals surface area contributed by atoms with Crippen LogP contribution in [-0.2, 0) is 21.7 Å². The number of benzene rings is 4. The highest BCUT2D eigenvalue weighted by molar-refractivity contribution is 9.10. The van der Waals surface area contributed by atoms with E-state index >= 15 is 0 Å². The van der Waals surface area contributed by atoms with Gasteiger partial charge >= 0.3 is 0 Å². The third-order valence-electron chi connectivity index (χ3n) is 7.56. The monoisotopic (exact) mass is 732 g/mol. The fourth-order valence-corrected chi connectivity index (χ4v) is 6.24. The second kappa shape index (κ2) is 17.1. The molecule has 48 heavy (non-hydrogen) atoms. The van der Waals surface area contributed by atoms with E-state index in [4.69, 9.17) is 19.6 Å². The number of aliphatic imine (C=N–C) groups is 1. The number of aliphatic hydroxyl groups is 1. The molecule has 0 unspecified atom stereocenters. The van der Waals surface area contributed by atoms with Crippen LogP contribution in [0.4, 0.5) is 10.1 Å². The Hall–Kier alpha value is -4.39. The summed E-state index contributed by atoms with van der Waals surface area (Å²) in [6.45, 7) is 0.877. The van der Waals surface area contributed by atoms with E-state index in [0.717, 1.165) is 15.6 Å². The number of carbonyl (C=O) groups excluding carboxylic acids is 1. The van der Waals surface area contributed by atoms with Gasteiger partial charge in [0.05, 0.1) is 6.61 Å². The average molecular weight is 734 g/mol. The van der Waals surface area contributed by atoms with Gasteiger partial charge in [0.15, 0.2) is 11.6 Å². The first kappa shape index (κ1) is 34.9. The van der Waals surface area contributed by atoms with Crippen molar-refractivity contribution in [1.29, 1.82) is 0 Å². The molecule has 248 valence electrons. The molecule has 0 saturated carbocycles. The van der Waals surface area contributed by atoms with E-state index in [1.165, 1.54) is 12.1 Å². The second-order valence-corrected chi connectivity index (χ2v) is 12.9. The molecule has 0 bridgehead atoms. The summed E-state index contributed by atoms with van der Waals surface area (Å²) < 4.78 is 26.4. The quantitative estimate of drug-likeness (QED) is 0.0362. The molecule has 1 heterocycles. The lowest BCUT2D eigenvalue weighted by atomic mass is 9.81. The summed E-state index contributed by atoms with van der Waals surface area (Å²) in [6.07, 6.45) is -0.251. The van der Waals surface area contributed by atoms with Gasteiger partial charge in [-0.2, -0.15) is 11.8 Å². The number of aliphatic hydroxyl groups excluding tert-OH is 1. The third kappa shape index (κ3) is 8.94. The molecule has 5 rings (SSSR count). The Kier molecular flexibility index (Phi) is 12.5. The van der Waals surface area contributed by atoms with Gasteiger partial charge in [0.1, 0.15) is 11.6 Å². The maximum Gasteiger partial charge on any atom is 0.266 e. The lowest BCUT2D eigenvalue weighted by Crippen LogP contribution is -2.54. The Morgan fingerprint density at radius 2 is 1.83 bits per heavy atom. The molecule has 0 aromatic heterocycles. The molecule has 0 saturated heterocycles. The molecule has 4 aromatic carbocycles. The molecular formula is C35H34BrFN6O4S. The van der Waals surface area contributed by atoms with Gasteiger partial charge in [-0.3, -0.25) is 10.2 Å². The maximum atomic E-state index is 14.4. The van der Waals surface area contributed by atoms with Gasteiger partial charge in [-0.1, -0.05) is 69.6 Å². The van der Waals surface area contributed by atoms with Crippen LogP contribution in [-0.4, -0.2) is 48.0 Å². The topological polar surface area (TPSA) is 141 Å². The number of hydrogen-bond donors (Lipinski definition) is 3. The predicted octanol–water partition coefficient (Wildman–Crippen LogP) is 7.35. The van der Waals surface area contributed by atoms with Crippen molar-refractivity contribution in [3.8, 4) is 5.75 Å². The van der Waals surface area contributed by atoms with Crippen LogP contribution in [0.3, 0.4) is 0 Å². The van der Waals surface area contributed by atoms with Gasteiger partial charge in [0.2, 0.25) is 5.90 Å². The fourth-order valence-electron chi connectivity index (χ4n) is 5.16. The number of amides is 1. The van der Waals surface area contributed by atoms with E-state index in [1.807, 2.05) is 48.5 Å². The fraction of sp³-hybridized carbons (Fsp3) is 0.257. The van der Waals surface area contributed by atoms with Crippen LogP contribution >= 0.6 is 27.7 Å². The molecule has 1 aliphatic rings. The number of hydrogen-bond acceptors (Lipinski definition) is 8. The van der Waals surface area contributed by atoms with Crippen molar-refractivity contribution < 1.29 is 23.8 Å². The lowest BCUT2D eigenvalue weighted by Gasteiger charge is -2.31. The van der Waals surface area contributed by atoms with Crippen molar-refractivity contribution in [2.24, 2.45) is 10.1 Å². The van der Waals surface area contributed by atoms with Crippen LogP contribution in [0.2, 0.25) is 0 Å². The molecule has 1 aliphatic heterocycles. The summed E-state index contributed by atoms with van der Waals surface area (Å²) in [5.74, 6) is 1.59. The Morgan fingerprint density at radius 3 is 2.56 bits per heavy atom. The zero-order chi connectivity index (χ0) is 33.8. The van der Waals surface area contributed by atoms with Crippen molar-refractivity contribution in [2.75, 3.05) is 25.5 Å². The van der Waals surface area contributed by atoms with Gasteiger partial charge < -0.3 is 14.6 Å². The minimum absolute atomic E-state index is 0.0385. The van der Waals surface area contributed by atoms with E-state index in [1.54, 1.807) is 48.2 Å². The lowest BCUT2D eigenvalue weighted by molar-refractivity contribution is -0.130. The summed E-state index contributed by atoms with van der Waals surface area (Å²) in [5, 5.41) is 12.9. The molecule has 0 fully saturated rings. The normalized spacial score (nSPS) is 16.8. The molecule has 4 aromatic rings. The van der Waals surface area contributed by atoms with Crippen LogP contribution in [0.15, 0.2) is 112 Å². The number of rotatable bonds is 16. The Labute approximate surface area is 290 Å². The first-order valence-electron chi connectivity index (χ1n) is 15.3. The van der Waals surface area contributed by atoms with Crippen LogP contribution in [0.25, 0.3) is 10.4 Å². The zero-order valence-electron chi connectivity index (χ0n) is 25.9. The van der Waals surface area contributed by atoms with Crippen LogP contribution in [0.5, 0.6) is 5.75 Å². The van der Waals surface area contributed by atoms with Gasteiger partial charge in [0, 0.05) is 58.1 Å². The van der Waals surface area contributed by atoms with Crippen LogP contribution < -0.4 is 15.6 Å². The molecule has 0 spiro atoms. The first-order chi connectivity index (χ1) is 23.4. The van der Waals surface area contributed by atoms with Crippen molar-refractivity contribution >= 4 is 45.2 Å². The van der Waals surface area contributed by atoms with Gasteiger partial charge in [0.25, 0.3) is 5.91 Å². The van der Waals surface area contributed by atoms with Crippen LogP contribution in [0.1, 0.15) is 34.8 Å². The van der Waals surface area contributed by atoms with E-state index in [-0.39, 0.29) is 24.7 Å². The van der Waals surface area contributed by atoms with E-state index in [0.29, 0.717) is 53.6 Å². The highest BCUT2D eigenvalue weighted by atomic mass is 79.9. The largest absolute Gasteiger partial charge is 0.494 e. The van der Waals surface area contributed by atoms with Crippen molar-refractivity contribution in [3.05, 3.63) is 140 Å². The van der Waals surface area contributed by atoms with Crippen molar-refractivity contribution in [2.45, 2.75) is 30.2 Å². The number of thioether (sulfide) groups is 1. The molecule has 3 N–H and O–H groups in total. The number of nitrogens with zero attached hydrogens (tertiary/aromatic N) is 4. The Morgan fingerprint density at radius 1 is 1.08 bits per heavy atom. The minimum Gasteiger partial charge on any atom is -0.494 e. The van der Waals surface area contributed by atoms with E-state index < -0.39 is 17.6 Å². The molecule has 10 nitrogen and oxygen atoms in total. The average Bonchev–Trinajstić information content (AvgIpc) is 3.49. The Balaban J connectivity index is 1.44. The second-order valence-electron chi connectivity index (χ2n) is 10.9. The number of nitrogens with one attached hydrogen (secondary N) is 2. The maximum absolute atomic E-state index is 14.4. The van der Waals surface area contributed by atoms with Gasteiger partial charge in [-0.25, -0.2) is 14.8 Å². The SMILES string of the molecule is [N-]=[N+]=Nc1ccccc1C[C@]1(C(=O)NNCCSCc2ccc(F)cc2)N=C(c2ccc(OCCCO)cc2)O[C@H]1c1ccc(Br)cc1. The van der Waals surface area contributed by atoms with E-state index in [9.17, 15) is 14.7 Å². The summed E-state index contributed by atoms with van der Waals surface area (Å²) in [6, 6.07) is 28.2. The van der Waals surface area contributed by atoms with Gasteiger partial charge in [-0.05, 0) is 70.8 Å². The first-order valence-corrected chi connectivity index (χ1v) is 17.2. The minimum atomic E-state index is -1.51. The molecule has 1 amide bonds. The summed E-state index contributed by atoms with van der Waals surface area (Å²) in [4.78, 5) is 22.4. The van der Waals surface area contributed by atoms with Crippen molar-refractivity contribution in [3.63, 3.8) is 0 Å². The highest BCUT2D eigenvalue weighted by Crippen LogP contribution is 2.44. The van der Waals surface area contributed by atoms with Crippen LogP contribution in [0, 0.1) is 5.82 Å². The molecule has 0 radical (unpaired) electrons. The van der Waals surface area contributed by atoms with Gasteiger partial charge in [-0.15, -0.1) is 0 Å². The smallest absolute Gasteiger partial charge is 0.266 e. The standard InChI is InChI=1S/C35H34BrFN6O4S/c36-28-12-8-25(9-13-28)32-35(22-27-4-1-2-5-31(27)41-43-38,34(45)42-39-18-21-48-23-24-6-14-29(37)15-7-24)40-33(47-32)26-10-16-30(17-11-26)46-20-3-19-44/h1-2,4-17,32,39,44H,3,18-23H2,(H,42,45)/t32-,35-/m0/s1. The molecular weight excluding hydrogens is 699 g/mol. The number of ether oxygens (including phenoxy) is 2. The third-order valence-corrected chi connectivity index (χ3v) is 9.12. The number of hydrazine groups is 1. The highest BCUT2D eigenvalue weighted by Gasteiger charge is 2.53. The van der Waals surface area contributed by atoms with E-state index in [2.05, 4.69) is 36.8 Å². The van der Waals surface area contributed by atoms with Crippen molar-refractivity contribution in [1.82, 2.24) is 10.9 Å². The number of halogens is 2. The summed E-state index contributed by atoms with van der Waals surface area (Å²) >= 11 is 5.14. The molecule has 13 heteroatoms. The zero-order valence-corrected chi connectivity index (χ0v) is 28.3. The summed E-state index contributed by atoms with van der Waals surface area (Å²) in [7, 11) is 0. The molecule has 2 atom stereocenters. The predicted molar refractivity (Wildman–Crippen MR) is 189 cm³/mol. The molecule has 0 aliphatic carbocycles. The number of azide groups is 1. The summed E-state index contributed by atoms with van der Waals surface area (Å²) in [5.41, 5.74) is 17.1. The number of carbonyl (C=O) groups is 1.